The molecule has 0 spiro atoms. The highest BCUT2D eigenvalue weighted by Crippen LogP contribution is 2.29. The first-order chi connectivity index (χ1) is 8.99. The van der Waals surface area contributed by atoms with Crippen LogP contribution >= 0.6 is 0 Å². The van der Waals surface area contributed by atoms with E-state index in [0.29, 0.717) is 5.56 Å². The average Bonchev–Trinajstić information content (AvgIpc) is 2.37. The minimum absolute atomic E-state index is 0.0186. The minimum atomic E-state index is -1.54. The third-order valence-corrected chi connectivity index (χ3v) is 2.57. The van der Waals surface area contributed by atoms with Crippen molar-refractivity contribution in [3.05, 3.63) is 53.3 Å². The first-order valence-corrected chi connectivity index (χ1v) is 5.37. The highest BCUT2D eigenvalue weighted by atomic mass is 19.2. The van der Waals surface area contributed by atoms with E-state index in [2.05, 4.69) is 5.32 Å². The fourth-order valence-corrected chi connectivity index (χ4v) is 1.58. The van der Waals surface area contributed by atoms with Crippen molar-refractivity contribution in [2.45, 2.75) is 6.54 Å². The number of phenolic OH excluding ortho intramolecular Hbond substituents is 2. The Morgan fingerprint density at radius 2 is 1.63 bits per heavy atom. The van der Waals surface area contributed by atoms with E-state index in [1.165, 1.54) is 18.2 Å². The topological polar surface area (TPSA) is 52.5 Å². The van der Waals surface area contributed by atoms with Gasteiger partial charge in [-0.05, 0) is 6.07 Å². The van der Waals surface area contributed by atoms with E-state index in [-0.39, 0.29) is 23.7 Å². The number of nitrogens with one attached hydrogen (secondary N) is 1. The quantitative estimate of drug-likeness (QED) is 0.592. The van der Waals surface area contributed by atoms with E-state index in [0.717, 1.165) is 12.1 Å². The first-order valence-electron chi connectivity index (χ1n) is 5.37. The summed E-state index contributed by atoms with van der Waals surface area (Å²) in [6.45, 7) is 0.0186. The number of phenols is 2. The molecule has 0 bridgehead atoms. The van der Waals surface area contributed by atoms with Gasteiger partial charge in [-0.2, -0.15) is 0 Å². The van der Waals surface area contributed by atoms with Gasteiger partial charge in [-0.15, -0.1) is 0 Å². The Balaban J connectivity index is 2.17. The molecular weight excluding hydrogens is 259 g/mol. The second-order valence-electron chi connectivity index (χ2n) is 3.89. The van der Waals surface area contributed by atoms with E-state index in [1.807, 2.05) is 0 Å². The molecule has 0 saturated carbocycles. The van der Waals surface area contributed by atoms with Crippen LogP contribution in [0, 0.1) is 17.5 Å². The molecule has 0 aliphatic heterocycles. The molecule has 2 rings (SSSR count). The van der Waals surface area contributed by atoms with Crippen LogP contribution in [0.2, 0.25) is 0 Å². The molecule has 2 aromatic rings. The zero-order valence-electron chi connectivity index (χ0n) is 9.62. The number of benzene rings is 2. The predicted octanol–water partition coefficient (Wildman–Crippen LogP) is 3.13. The summed E-state index contributed by atoms with van der Waals surface area (Å²) in [6, 6.07) is 5.95. The molecule has 100 valence electrons. The summed E-state index contributed by atoms with van der Waals surface area (Å²) in [5.41, 5.74) is 0.365. The molecule has 0 aliphatic rings. The van der Waals surface area contributed by atoms with Gasteiger partial charge in [-0.1, -0.05) is 12.1 Å². The molecule has 0 saturated heterocycles. The molecule has 0 aliphatic carbocycles. The molecular formula is C13H10F3NO2. The number of aromatic hydroxyl groups is 2. The summed E-state index contributed by atoms with van der Waals surface area (Å²) in [5, 5.41) is 21.4. The molecule has 0 unspecified atom stereocenters. The fourth-order valence-electron chi connectivity index (χ4n) is 1.58. The van der Waals surface area contributed by atoms with Crippen LogP contribution in [0.3, 0.4) is 0 Å². The van der Waals surface area contributed by atoms with Crippen molar-refractivity contribution in [3.63, 3.8) is 0 Å². The van der Waals surface area contributed by atoms with Gasteiger partial charge in [-0.3, -0.25) is 0 Å². The largest absolute Gasteiger partial charge is 0.504 e. The van der Waals surface area contributed by atoms with Crippen molar-refractivity contribution in [2.75, 3.05) is 5.32 Å². The van der Waals surface area contributed by atoms with Crippen molar-refractivity contribution in [3.8, 4) is 11.5 Å². The Morgan fingerprint density at radius 3 is 2.26 bits per heavy atom. The second kappa shape index (κ2) is 5.09. The molecule has 19 heavy (non-hydrogen) atoms. The maximum absolute atomic E-state index is 13.0. The Morgan fingerprint density at radius 1 is 1.00 bits per heavy atom. The van der Waals surface area contributed by atoms with Crippen LogP contribution in [0.4, 0.5) is 18.9 Å². The van der Waals surface area contributed by atoms with Gasteiger partial charge >= 0.3 is 0 Å². The van der Waals surface area contributed by atoms with Gasteiger partial charge in [0.1, 0.15) is 0 Å². The van der Waals surface area contributed by atoms with Crippen molar-refractivity contribution >= 4 is 5.69 Å². The molecule has 0 atom stereocenters. The monoisotopic (exact) mass is 269 g/mol. The van der Waals surface area contributed by atoms with Gasteiger partial charge in [0.05, 0.1) is 0 Å². The maximum atomic E-state index is 13.0. The summed E-state index contributed by atoms with van der Waals surface area (Å²) in [7, 11) is 0. The van der Waals surface area contributed by atoms with Gasteiger partial charge in [0.15, 0.2) is 29.0 Å². The molecule has 6 heteroatoms. The standard InChI is InChI=1S/C13H10F3NO2/c14-9-4-8(5-10(15)12(9)16)17-6-7-2-1-3-11(18)13(7)19/h1-5,17-19H,6H2. The SMILES string of the molecule is Oc1cccc(CNc2cc(F)c(F)c(F)c2)c1O. The number of hydrogen-bond acceptors (Lipinski definition) is 3. The lowest BCUT2D eigenvalue weighted by Crippen LogP contribution is -2.02. The van der Waals surface area contributed by atoms with E-state index in [4.69, 9.17) is 0 Å². The lowest BCUT2D eigenvalue weighted by Gasteiger charge is -2.09. The van der Waals surface area contributed by atoms with Gasteiger partial charge in [-0.25, -0.2) is 13.2 Å². The lowest BCUT2D eigenvalue weighted by atomic mass is 10.2. The number of halogens is 3. The number of anilines is 1. The van der Waals surface area contributed by atoms with Gasteiger partial charge in [0.2, 0.25) is 0 Å². The highest BCUT2D eigenvalue weighted by molar-refractivity contribution is 5.49. The molecule has 0 heterocycles. The van der Waals surface area contributed by atoms with Crippen molar-refractivity contribution in [2.24, 2.45) is 0 Å². The summed E-state index contributed by atoms with van der Waals surface area (Å²) in [4.78, 5) is 0. The summed E-state index contributed by atoms with van der Waals surface area (Å²) in [6.07, 6.45) is 0. The predicted molar refractivity (Wildman–Crippen MR) is 63.4 cm³/mol. The third kappa shape index (κ3) is 2.73. The summed E-state index contributed by atoms with van der Waals surface area (Å²) >= 11 is 0. The van der Waals surface area contributed by atoms with Gasteiger partial charge < -0.3 is 15.5 Å². The van der Waals surface area contributed by atoms with Crippen LogP contribution in [0.5, 0.6) is 11.5 Å². The molecule has 3 N–H and O–H groups in total. The molecule has 0 amide bonds. The minimum Gasteiger partial charge on any atom is -0.504 e. The van der Waals surface area contributed by atoms with Crippen LogP contribution in [0.1, 0.15) is 5.56 Å². The van der Waals surface area contributed by atoms with Crippen molar-refractivity contribution < 1.29 is 23.4 Å². The zero-order valence-corrected chi connectivity index (χ0v) is 9.62. The third-order valence-electron chi connectivity index (χ3n) is 2.57. The van der Waals surface area contributed by atoms with Gasteiger partial charge in [0.25, 0.3) is 0 Å². The summed E-state index contributed by atoms with van der Waals surface area (Å²) < 4.78 is 38.7. The van der Waals surface area contributed by atoms with E-state index in [9.17, 15) is 23.4 Å². The van der Waals surface area contributed by atoms with Gasteiger partial charge in [0, 0.05) is 29.9 Å². The second-order valence-corrected chi connectivity index (χ2v) is 3.89. The van der Waals surface area contributed by atoms with E-state index in [1.54, 1.807) is 0 Å². The molecule has 0 aromatic heterocycles. The lowest BCUT2D eigenvalue weighted by molar-refractivity contribution is 0.400. The van der Waals surface area contributed by atoms with Crippen molar-refractivity contribution in [1.29, 1.82) is 0 Å². The number of hydrogen-bond donors (Lipinski definition) is 3. The number of para-hydroxylation sites is 1. The molecule has 0 fully saturated rings. The zero-order chi connectivity index (χ0) is 14.0. The van der Waals surface area contributed by atoms with E-state index >= 15 is 0 Å². The molecule has 3 nitrogen and oxygen atoms in total. The van der Waals surface area contributed by atoms with Crippen LogP contribution in [0.15, 0.2) is 30.3 Å². The smallest absolute Gasteiger partial charge is 0.194 e. The van der Waals surface area contributed by atoms with Crippen molar-refractivity contribution in [1.82, 2.24) is 0 Å². The maximum Gasteiger partial charge on any atom is 0.194 e. The number of rotatable bonds is 3. The first kappa shape index (κ1) is 13.1. The van der Waals surface area contributed by atoms with Crippen LogP contribution in [-0.2, 0) is 6.54 Å². The van der Waals surface area contributed by atoms with Crippen LogP contribution in [0.25, 0.3) is 0 Å². The van der Waals surface area contributed by atoms with E-state index < -0.39 is 17.5 Å². The average molecular weight is 269 g/mol. The van der Waals surface area contributed by atoms with Crippen LogP contribution in [-0.4, -0.2) is 10.2 Å². The fraction of sp³-hybridized carbons (Fsp3) is 0.0769. The Bertz CT molecular complexity index is 594. The normalized spacial score (nSPS) is 10.5. The molecule has 2 aromatic carbocycles. The highest BCUT2D eigenvalue weighted by Gasteiger charge is 2.11. The Kier molecular flexibility index (Phi) is 3.50. The Hall–Kier alpha value is -2.37. The van der Waals surface area contributed by atoms with Crippen LogP contribution < -0.4 is 5.32 Å². The Labute approximate surface area is 106 Å². The molecule has 0 radical (unpaired) electrons. The summed E-state index contributed by atoms with van der Waals surface area (Å²) in [5.74, 6) is -4.76.